The van der Waals surface area contributed by atoms with Gasteiger partial charge in [0, 0.05) is 40.0 Å². The van der Waals surface area contributed by atoms with Crippen molar-refractivity contribution in [2.75, 3.05) is 11.4 Å². The Labute approximate surface area is 416 Å². The lowest BCUT2D eigenvalue weighted by Gasteiger charge is -2.21. The van der Waals surface area contributed by atoms with Crippen molar-refractivity contribution in [3.05, 3.63) is 98.5 Å². The van der Waals surface area contributed by atoms with Gasteiger partial charge in [0.1, 0.15) is 4.70 Å². The molecular formula is C59H87Cl2N2S2+. The Morgan fingerprint density at radius 3 is 1.51 bits per heavy atom. The first-order valence-corrected chi connectivity index (χ1v) is 29.3. The molecule has 0 N–H and O–H groups in total. The number of rotatable bonds is 37. The maximum atomic E-state index is 6.66. The highest BCUT2D eigenvalue weighted by Gasteiger charge is 2.26. The summed E-state index contributed by atoms with van der Waals surface area (Å²) in [5.41, 5.74) is 4.97. The third-order valence-corrected chi connectivity index (χ3v) is 16.2. The van der Waals surface area contributed by atoms with Crippen molar-refractivity contribution >= 4 is 73.9 Å². The average Bonchev–Trinajstić information content (AvgIpc) is 3.83. The summed E-state index contributed by atoms with van der Waals surface area (Å²) in [6.07, 6.45) is 49.2. The molecule has 0 atom stereocenters. The largest absolute Gasteiger partial charge is 0.335 e. The number of aryl methyl sites for hydroxylation is 1. The average molecular weight is 959 g/mol. The summed E-state index contributed by atoms with van der Waals surface area (Å²) in [6.45, 7) is 6.62. The number of nitrogens with zero attached hydrogens (tertiary/aromatic N) is 2. The molecule has 6 heteroatoms. The van der Waals surface area contributed by atoms with Crippen LogP contribution in [0.15, 0.2) is 82.7 Å². The summed E-state index contributed by atoms with van der Waals surface area (Å²) in [5, 5.41) is 4.18. The molecule has 1 aliphatic rings. The number of hydrogen-bond donors (Lipinski definition) is 0. The highest BCUT2D eigenvalue weighted by Crippen LogP contribution is 2.48. The predicted molar refractivity (Wildman–Crippen MR) is 293 cm³/mol. The molecule has 2 heterocycles. The number of thiazole rings is 1. The van der Waals surface area contributed by atoms with Gasteiger partial charge >= 0.3 is 0 Å². The molecular weight excluding hydrogens is 872 g/mol. The molecule has 0 bridgehead atoms. The Hall–Kier alpha value is -2.24. The van der Waals surface area contributed by atoms with Crippen LogP contribution in [0.5, 0.6) is 0 Å². The topological polar surface area (TPSA) is 7.12 Å². The van der Waals surface area contributed by atoms with E-state index >= 15 is 0 Å². The summed E-state index contributed by atoms with van der Waals surface area (Å²) in [4.78, 5) is 3.83. The van der Waals surface area contributed by atoms with Crippen LogP contribution in [0.25, 0.3) is 21.9 Å². The quantitative estimate of drug-likeness (QED) is 0.0328. The van der Waals surface area contributed by atoms with E-state index in [1.54, 1.807) is 0 Å². The van der Waals surface area contributed by atoms with Crippen molar-refractivity contribution in [2.24, 2.45) is 0 Å². The molecule has 358 valence electrons. The van der Waals surface area contributed by atoms with E-state index in [1.807, 2.05) is 35.2 Å². The van der Waals surface area contributed by atoms with Crippen LogP contribution in [-0.2, 0) is 6.54 Å². The van der Waals surface area contributed by atoms with Crippen molar-refractivity contribution in [3.8, 4) is 0 Å². The summed E-state index contributed by atoms with van der Waals surface area (Å²) in [7, 11) is 0. The smallest absolute Gasteiger partial charge is 0.263 e. The van der Waals surface area contributed by atoms with Gasteiger partial charge in [-0.1, -0.05) is 277 Å². The van der Waals surface area contributed by atoms with E-state index in [0.29, 0.717) is 0 Å². The molecule has 0 amide bonds. The van der Waals surface area contributed by atoms with E-state index in [9.17, 15) is 0 Å². The molecule has 1 aliphatic heterocycles. The minimum Gasteiger partial charge on any atom is -0.335 e. The number of halogens is 2. The van der Waals surface area contributed by atoms with Crippen molar-refractivity contribution in [1.82, 2.24) is 0 Å². The number of fused-ring (bicyclic) bond motifs is 2. The number of thioether (sulfide) groups is 1. The number of benzene rings is 3. The van der Waals surface area contributed by atoms with Crippen LogP contribution in [0.2, 0.25) is 10.0 Å². The minimum absolute atomic E-state index is 0.806. The van der Waals surface area contributed by atoms with E-state index < -0.39 is 0 Å². The van der Waals surface area contributed by atoms with Gasteiger partial charge in [0.25, 0.3) is 5.01 Å². The van der Waals surface area contributed by atoms with E-state index in [4.69, 9.17) is 23.2 Å². The molecule has 2 nitrogen and oxygen atoms in total. The fourth-order valence-electron chi connectivity index (χ4n) is 9.57. The Bertz CT molecular complexity index is 1930. The van der Waals surface area contributed by atoms with E-state index in [2.05, 4.69) is 90.1 Å². The molecule has 1 aromatic heterocycles. The van der Waals surface area contributed by atoms with Gasteiger partial charge in [0.2, 0.25) is 5.52 Å². The van der Waals surface area contributed by atoms with Gasteiger partial charge in [0.05, 0.1) is 10.7 Å². The third-order valence-electron chi connectivity index (χ3n) is 13.5. The van der Waals surface area contributed by atoms with Crippen LogP contribution in [0.4, 0.5) is 5.69 Å². The molecule has 3 aromatic carbocycles. The first-order chi connectivity index (χ1) is 32.1. The second-order valence-electron chi connectivity index (χ2n) is 19.1. The van der Waals surface area contributed by atoms with Gasteiger partial charge < -0.3 is 4.90 Å². The van der Waals surface area contributed by atoms with Gasteiger partial charge in [-0.05, 0) is 60.4 Å². The highest BCUT2D eigenvalue weighted by atomic mass is 35.5. The zero-order valence-corrected chi connectivity index (χ0v) is 44.2. The zero-order valence-electron chi connectivity index (χ0n) is 41.0. The van der Waals surface area contributed by atoms with Crippen LogP contribution in [0, 0.1) is 0 Å². The van der Waals surface area contributed by atoms with Crippen molar-refractivity contribution in [2.45, 2.75) is 231 Å². The van der Waals surface area contributed by atoms with Crippen molar-refractivity contribution < 1.29 is 4.57 Å². The Morgan fingerprint density at radius 1 is 0.523 bits per heavy atom. The molecule has 0 saturated heterocycles. The fourth-order valence-corrected chi connectivity index (χ4v) is 12.1. The number of unbranched alkanes of at least 4 members (excludes halogenated alkanes) is 30. The predicted octanol–water partition coefficient (Wildman–Crippen LogP) is 21.0. The standard InChI is InChI=1S/C59H87Cl2N2S2/c1-3-5-7-9-11-13-15-17-19-21-23-25-27-29-31-36-44-62-54-48-52(60)40-42-56(54)64-58(62)46-51(50-38-34-33-35-39-50)47-59-63(55-49-53(61)41-43-57(55)65-59)45-37-32-30-28-26-24-22-20-18-16-14-12-10-8-6-4-2/h33-35,38-43,46-49H,3-32,36-37,44-45H2,1-2H3/q+1. The summed E-state index contributed by atoms with van der Waals surface area (Å²) < 4.78 is 3.83. The lowest BCUT2D eigenvalue weighted by molar-refractivity contribution is -0.669. The van der Waals surface area contributed by atoms with Crippen LogP contribution in [-0.4, -0.2) is 6.54 Å². The Morgan fingerprint density at radius 2 is 0.985 bits per heavy atom. The first kappa shape index (κ1) is 53.7. The molecule has 0 aliphatic carbocycles. The number of allylic oxidation sites excluding steroid dienone is 2. The van der Waals surface area contributed by atoms with Gasteiger partial charge in [-0.3, -0.25) is 0 Å². The lowest BCUT2D eigenvalue weighted by atomic mass is 10.0. The van der Waals surface area contributed by atoms with Crippen LogP contribution < -0.4 is 9.47 Å². The Balaban J connectivity index is 1.15. The van der Waals surface area contributed by atoms with Gasteiger partial charge in [-0.25, -0.2) is 0 Å². The van der Waals surface area contributed by atoms with E-state index in [0.717, 1.165) is 23.1 Å². The number of hydrogen-bond acceptors (Lipinski definition) is 3. The normalized spacial score (nSPS) is 13.5. The van der Waals surface area contributed by atoms with Crippen LogP contribution in [0.1, 0.15) is 230 Å². The fraction of sp³-hybridized carbons (Fsp3) is 0.610. The van der Waals surface area contributed by atoms with Gasteiger partial charge in [-0.2, -0.15) is 4.57 Å². The van der Waals surface area contributed by atoms with Gasteiger partial charge in [-0.15, -0.1) is 0 Å². The first-order valence-electron chi connectivity index (χ1n) is 26.9. The molecule has 0 fully saturated rings. The summed E-state index contributed by atoms with van der Waals surface area (Å²) in [5.74, 6) is 0. The molecule has 0 spiro atoms. The SMILES string of the molecule is CCCCCCCCCCCCCCCCCCN1/C(=C/C(=C/c2sc3ccc(Cl)cc3[n+]2CCCCCCCCCCCCCCCCCC)c2ccccc2)Sc2ccc(Cl)cc21. The molecule has 0 unspecified atom stereocenters. The summed E-state index contributed by atoms with van der Waals surface area (Å²) in [6, 6.07) is 23.8. The monoisotopic (exact) mass is 958 g/mol. The second-order valence-corrected chi connectivity index (χ2v) is 22.1. The number of anilines is 1. The maximum Gasteiger partial charge on any atom is 0.263 e. The Kier molecular flexibility index (Phi) is 27.5. The van der Waals surface area contributed by atoms with E-state index in [1.165, 1.54) is 247 Å². The summed E-state index contributed by atoms with van der Waals surface area (Å²) >= 11 is 17.1. The van der Waals surface area contributed by atoms with Crippen molar-refractivity contribution in [1.29, 1.82) is 0 Å². The van der Waals surface area contributed by atoms with Crippen LogP contribution >= 0.6 is 46.3 Å². The van der Waals surface area contributed by atoms with Gasteiger partial charge in [0.15, 0.2) is 6.54 Å². The molecule has 4 aromatic rings. The van der Waals surface area contributed by atoms with Crippen molar-refractivity contribution in [3.63, 3.8) is 0 Å². The minimum atomic E-state index is 0.806. The highest BCUT2D eigenvalue weighted by molar-refractivity contribution is 8.03. The van der Waals surface area contributed by atoms with E-state index in [-0.39, 0.29) is 0 Å². The molecule has 5 rings (SSSR count). The van der Waals surface area contributed by atoms with Crippen LogP contribution in [0.3, 0.4) is 0 Å². The molecule has 65 heavy (non-hydrogen) atoms. The maximum absolute atomic E-state index is 6.66. The zero-order chi connectivity index (χ0) is 45.6. The molecule has 0 saturated carbocycles. The molecule has 0 radical (unpaired) electrons. The second kappa shape index (κ2) is 33.3. The number of aromatic nitrogens is 1. The lowest BCUT2D eigenvalue weighted by Crippen LogP contribution is -2.35. The third kappa shape index (κ3) is 20.5.